The molecule has 0 saturated carbocycles. The molecule has 0 amide bonds. The fourth-order valence-corrected chi connectivity index (χ4v) is 2.44. The summed E-state index contributed by atoms with van der Waals surface area (Å²) in [6, 6.07) is 2.71. The highest BCUT2D eigenvalue weighted by molar-refractivity contribution is 5.60. The number of aliphatic hydroxyl groups is 1. The molecule has 19 heavy (non-hydrogen) atoms. The van der Waals surface area contributed by atoms with E-state index in [0.717, 1.165) is 6.42 Å². The van der Waals surface area contributed by atoms with Gasteiger partial charge < -0.3 is 14.7 Å². The quantitative estimate of drug-likeness (QED) is 0.651. The molecule has 1 fully saturated rings. The molecule has 0 aliphatic carbocycles. The van der Waals surface area contributed by atoms with Crippen LogP contribution in [0.5, 0.6) is 5.88 Å². The van der Waals surface area contributed by atoms with Crippen molar-refractivity contribution in [2.24, 2.45) is 5.92 Å². The lowest BCUT2D eigenvalue weighted by Gasteiger charge is -2.25. The molecule has 0 aromatic carbocycles. The van der Waals surface area contributed by atoms with Crippen LogP contribution in [0, 0.1) is 16.0 Å². The number of aliphatic hydroxyl groups excluding tert-OH is 1. The number of aromatic nitrogens is 1. The number of methoxy groups -OCH3 is 1. The van der Waals surface area contributed by atoms with Crippen molar-refractivity contribution in [3.63, 3.8) is 0 Å². The van der Waals surface area contributed by atoms with E-state index in [9.17, 15) is 15.2 Å². The first kappa shape index (κ1) is 13.5. The Morgan fingerprint density at radius 1 is 1.63 bits per heavy atom. The van der Waals surface area contributed by atoms with Gasteiger partial charge in [-0.15, -0.1) is 0 Å². The van der Waals surface area contributed by atoms with Crippen molar-refractivity contribution in [3.8, 4) is 5.88 Å². The van der Waals surface area contributed by atoms with Crippen LogP contribution >= 0.6 is 0 Å². The van der Waals surface area contributed by atoms with Crippen molar-refractivity contribution in [1.29, 1.82) is 0 Å². The molecule has 7 heteroatoms. The normalized spacial score (nSPS) is 22.6. The minimum Gasteiger partial charge on any atom is -0.481 e. The van der Waals surface area contributed by atoms with Crippen molar-refractivity contribution >= 4 is 11.5 Å². The summed E-state index contributed by atoms with van der Waals surface area (Å²) in [5, 5.41) is 20.5. The Kier molecular flexibility index (Phi) is 3.84. The van der Waals surface area contributed by atoms with E-state index in [0.29, 0.717) is 12.4 Å². The van der Waals surface area contributed by atoms with Gasteiger partial charge in [0.25, 0.3) is 0 Å². The first-order valence-corrected chi connectivity index (χ1v) is 6.15. The molecule has 2 rings (SSSR count). The largest absolute Gasteiger partial charge is 0.481 e. The maximum atomic E-state index is 11.1. The molecule has 1 N–H and O–H groups in total. The predicted octanol–water partition coefficient (Wildman–Crippen LogP) is 1.21. The lowest BCUT2D eigenvalue weighted by Crippen LogP contribution is -2.36. The SMILES string of the molecule is COc1ccc([N+](=O)[O-])c(N2CCC(C)C2CO)n1. The minimum absolute atomic E-state index is 0.0444. The molecule has 2 atom stereocenters. The van der Waals surface area contributed by atoms with Crippen LogP contribution in [-0.4, -0.2) is 41.3 Å². The van der Waals surface area contributed by atoms with Crippen LogP contribution in [0.15, 0.2) is 12.1 Å². The second-order valence-electron chi connectivity index (χ2n) is 4.66. The Hall–Kier alpha value is -1.89. The number of anilines is 1. The minimum atomic E-state index is -0.459. The number of hydrogen-bond acceptors (Lipinski definition) is 6. The summed E-state index contributed by atoms with van der Waals surface area (Å²) in [5.41, 5.74) is -0.0617. The van der Waals surface area contributed by atoms with Crippen molar-refractivity contribution in [2.75, 3.05) is 25.2 Å². The third-order valence-electron chi connectivity index (χ3n) is 3.58. The number of pyridine rings is 1. The first-order chi connectivity index (χ1) is 9.08. The summed E-state index contributed by atoms with van der Waals surface area (Å²) >= 11 is 0. The summed E-state index contributed by atoms with van der Waals surface area (Å²) in [7, 11) is 1.47. The topological polar surface area (TPSA) is 88.7 Å². The molecule has 0 bridgehead atoms. The van der Waals surface area contributed by atoms with Gasteiger partial charge in [-0.2, -0.15) is 4.98 Å². The van der Waals surface area contributed by atoms with Crippen molar-refractivity contribution in [1.82, 2.24) is 4.98 Å². The van der Waals surface area contributed by atoms with E-state index in [1.54, 1.807) is 4.90 Å². The van der Waals surface area contributed by atoms with Crippen molar-refractivity contribution < 1.29 is 14.8 Å². The van der Waals surface area contributed by atoms with E-state index < -0.39 is 4.92 Å². The molecule has 0 spiro atoms. The molecule has 104 valence electrons. The van der Waals surface area contributed by atoms with Crippen LogP contribution in [0.25, 0.3) is 0 Å². The van der Waals surface area contributed by atoms with Gasteiger partial charge in [0.05, 0.1) is 24.7 Å². The van der Waals surface area contributed by atoms with Gasteiger partial charge in [0.1, 0.15) is 0 Å². The summed E-state index contributed by atoms with van der Waals surface area (Å²) in [5.74, 6) is 0.877. The monoisotopic (exact) mass is 267 g/mol. The summed E-state index contributed by atoms with van der Waals surface area (Å²) in [6.45, 7) is 2.62. The summed E-state index contributed by atoms with van der Waals surface area (Å²) in [4.78, 5) is 16.6. The molecule has 7 nitrogen and oxygen atoms in total. The highest BCUT2D eigenvalue weighted by Crippen LogP contribution is 2.35. The van der Waals surface area contributed by atoms with Gasteiger partial charge in [0.15, 0.2) is 0 Å². The van der Waals surface area contributed by atoms with Gasteiger partial charge in [0.2, 0.25) is 11.7 Å². The van der Waals surface area contributed by atoms with Gasteiger partial charge >= 0.3 is 5.69 Å². The second-order valence-corrected chi connectivity index (χ2v) is 4.66. The fraction of sp³-hybridized carbons (Fsp3) is 0.583. The van der Waals surface area contributed by atoms with Gasteiger partial charge in [-0.25, -0.2) is 0 Å². The van der Waals surface area contributed by atoms with Gasteiger partial charge in [-0.05, 0) is 12.3 Å². The Labute approximate surface area is 111 Å². The van der Waals surface area contributed by atoms with Crippen LogP contribution in [0.1, 0.15) is 13.3 Å². The first-order valence-electron chi connectivity index (χ1n) is 6.15. The van der Waals surface area contributed by atoms with Crippen LogP contribution < -0.4 is 9.64 Å². The standard InChI is InChI=1S/C12H17N3O4/c1-8-5-6-14(10(8)7-16)12-9(15(17)18)3-4-11(13-12)19-2/h3-4,8,10,16H,5-7H2,1-2H3. The Morgan fingerprint density at radius 3 is 2.95 bits per heavy atom. The fourth-order valence-electron chi connectivity index (χ4n) is 2.44. The van der Waals surface area contributed by atoms with E-state index in [1.807, 2.05) is 6.92 Å². The van der Waals surface area contributed by atoms with E-state index in [4.69, 9.17) is 4.74 Å². The zero-order chi connectivity index (χ0) is 14.0. The lowest BCUT2D eigenvalue weighted by atomic mass is 10.0. The zero-order valence-electron chi connectivity index (χ0n) is 10.9. The molecule has 0 radical (unpaired) electrons. The molecule has 1 aromatic heterocycles. The Balaban J connectivity index is 2.44. The number of ether oxygens (including phenoxy) is 1. The zero-order valence-corrected chi connectivity index (χ0v) is 10.9. The smallest absolute Gasteiger partial charge is 0.311 e. The molecule has 1 aliphatic heterocycles. The van der Waals surface area contributed by atoms with E-state index in [2.05, 4.69) is 4.98 Å². The van der Waals surface area contributed by atoms with E-state index in [1.165, 1.54) is 19.2 Å². The third kappa shape index (κ3) is 2.46. The van der Waals surface area contributed by atoms with Crippen LogP contribution in [0.3, 0.4) is 0 Å². The Morgan fingerprint density at radius 2 is 2.37 bits per heavy atom. The van der Waals surface area contributed by atoms with Crippen LogP contribution in [0.2, 0.25) is 0 Å². The maximum Gasteiger partial charge on any atom is 0.311 e. The highest BCUT2D eigenvalue weighted by Gasteiger charge is 2.35. The van der Waals surface area contributed by atoms with Crippen LogP contribution in [-0.2, 0) is 0 Å². The molecule has 1 aromatic rings. The molecular weight excluding hydrogens is 250 g/mol. The number of nitro groups is 1. The summed E-state index contributed by atoms with van der Waals surface area (Å²) < 4.78 is 5.02. The van der Waals surface area contributed by atoms with E-state index in [-0.39, 0.29) is 30.1 Å². The summed E-state index contributed by atoms with van der Waals surface area (Å²) in [6.07, 6.45) is 0.876. The average molecular weight is 267 g/mol. The second kappa shape index (κ2) is 5.40. The van der Waals surface area contributed by atoms with Crippen LogP contribution in [0.4, 0.5) is 11.5 Å². The molecule has 1 aliphatic rings. The molecule has 1 saturated heterocycles. The maximum absolute atomic E-state index is 11.1. The van der Waals surface area contributed by atoms with Gasteiger partial charge in [-0.1, -0.05) is 6.92 Å². The average Bonchev–Trinajstić information content (AvgIpc) is 2.78. The van der Waals surface area contributed by atoms with Crippen molar-refractivity contribution in [3.05, 3.63) is 22.2 Å². The Bertz CT molecular complexity index is 480. The molecule has 2 unspecified atom stereocenters. The van der Waals surface area contributed by atoms with Gasteiger partial charge in [0, 0.05) is 18.7 Å². The van der Waals surface area contributed by atoms with Gasteiger partial charge in [-0.3, -0.25) is 10.1 Å². The molecule has 2 heterocycles. The predicted molar refractivity (Wildman–Crippen MR) is 69.4 cm³/mol. The number of hydrogen-bond donors (Lipinski definition) is 1. The lowest BCUT2D eigenvalue weighted by molar-refractivity contribution is -0.384. The van der Waals surface area contributed by atoms with E-state index >= 15 is 0 Å². The molecular formula is C12H17N3O4. The highest BCUT2D eigenvalue weighted by atomic mass is 16.6. The third-order valence-corrected chi connectivity index (χ3v) is 3.58. The number of nitrogens with zero attached hydrogens (tertiary/aromatic N) is 3. The van der Waals surface area contributed by atoms with Crippen molar-refractivity contribution in [2.45, 2.75) is 19.4 Å². The number of rotatable bonds is 4.